The van der Waals surface area contributed by atoms with E-state index >= 15 is 4.39 Å². The monoisotopic (exact) mass is 439 g/mol. The third kappa shape index (κ3) is 4.22. The van der Waals surface area contributed by atoms with E-state index in [-0.39, 0.29) is 11.3 Å². The van der Waals surface area contributed by atoms with Crippen LogP contribution in [0.25, 0.3) is 11.0 Å². The Morgan fingerprint density at radius 1 is 1.13 bits per heavy atom. The van der Waals surface area contributed by atoms with E-state index in [0.29, 0.717) is 16.9 Å². The maximum Gasteiger partial charge on any atom is 0.201 e. The lowest BCUT2D eigenvalue weighted by Crippen LogP contribution is -2.10. The lowest BCUT2D eigenvalue weighted by Gasteiger charge is -2.11. The Hall–Kier alpha value is -3.46. The summed E-state index contributed by atoms with van der Waals surface area (Å²) in [5.74, 6) is -1.56. The minimum atomic E-state index is -0.933. The van der Waals surface area contributed by atoms with Gasteiger partial charge in [-0.1, -0.05) is 37.1 Å². The Bertz CT molecular complexity index is 1230. The normalized spacial score (nSPS) is 10.9. The molecule has 0 radical (unpaired) electrons. The molecule has 0 fully saturated rings. The van der Waals surface area contributed by atoms with E-state index in [9.17, 15) is 9.18 Å². The number of aromatic nitrogens is 3. The van der Waals surface area contributed by atoms with Crippen molar-refractivity contribution in [1.29, 1.82) is 0 Å². The number of halogens is 2. The molecule has 0 bridgehead atoms. The first kappa shape index (κ1) is 20.8. The van der Waals surface area contributed by atoms with Crippen molar-refractivity contribution in [2.24, 2.45) is 0 Å². The van der Waals surface area contributed by atoms with E-state index in [1.165, 1.54) is 30.5 Å². The number of ketones is 1. The molecule has 158 valence electrons. The number of aromatic amines is 1. The first-order chi connectivity index (χ1) is 15.1. The van der Waals surface area contributed by atoms with Crippen LogP contribution in [0.4, 0.5) is 26.0 Å². The van der Waals surface area contributed by atoms with Crippen molar-refractivity contribution in [1.82, 2.24) is 15.0 Å². The SMILES string of the molecule is CCCSNc1ccc(F)c(C(=O)c2c[nH]c3ncnc(Nc4ccccc4)c23)c1F. The summed E-state index contributed by atoms with van der Waals surface area (Å²) in [5, 5.41) is 3.48. The minimum absolute atomic E-state index is 0.0573. The van der Waals surface area contributed by atoms with E-state index in [0.717, 1.165) is 23.9 Å². The number of nitrogens with one attached hydrogen (secondary N) is 3. The van der Waals surface area contributed by atoms with Gasteiger partial charge in [0.25, 0.3) is 0 Å². The molecule has 0 saturated heterocycles. The maximum atomic E-state index is 15.1. The van der Waals surface area contributed by atoms with Crippen molar-refractivity contribution in [3.8, 4) is 0 Å². The van der Waals surface area contributed by atoms with Crippen molar-refractivity contribution in [3.05, 3.63) is 77.8 Å². The second kappa shape index (κ2) is 9.13. The number of carbonyl (C=O) groups is 1. The predicted octanol–water partition coefficient (Wildman–Crippen LogP) is 5.68. The number of nitrogens with zero attached hydrogens (tertiary/aromatic N) is 2. The summed E-state index contributed by atoms with van der Waals surface area (Å²) in [4.78, 5) is 24.5. The third-order valence-electron chi connectivity index (χ3n) is 4.56. The molecule has 0 unspecified atom stereocenters. The molecule has 0 atom stereocenters. The maximum absolute atomic E-state index is 15.1. The van der Waals surface area contributed by atoms with Gasteiger partial charge in [0.15, 0.2) is 5.82 Å². The standard InChI is InChI=1S/C22H19F2N5OS/c1-2-10-31-29-16-9-8-15(23)18(19(16)24)20(30)14-11-25-21-17(14)22(27-12-26-21)28-13-6-4-3-5-7-13/h3-9,11-12,29H,2,10H2,1H3,(H2,25,26,27,28). The molecule has 0 aliphatic rings. The van der Waals surface area contributed by atoms with Crippen molar-refractivity contribution in [2.75, 3.05) is 15.8 Å². The van der Waals surface area contributed by atoms with Crippen LogP contribution >= 0.6 is 11.9 Å². The molecule has 6 nitrogen and oxygen atoms in total. The fourth-order valence-electron chi connectivity index (χ4n) is 3.10. The zero-order valence-corrected chi connectivity index (χ0v) is 17.4. The summed E-state index contributed by atoms with van der Waals surface area (Å²) in [5.41, 5.74) is 0.633. The molecule has 0 aliphatic carbocycles. The lowest BCUT2D eigenvalue weighted by atomic mass is 10.0. The van der Waals surface area contributed by atoms with Crippen LogP contribution in [-0.2, 0) is 0 Å². The molecular weight excluding hydrogens is 420 g/mol. The van der Waals surface area contributed by atoms with Crippen LogP contribution in [0.1, 0.15) is 29.3 Å². The van der Waals surface area contributed by atoms with Gasteiger partial charge in [-0.25, -0.2) is 18.7 Å². The minimum Gasteiger partial charge on any atom is -0.345 e. The van der Waals surface area contributed by atoms with Crippen LogP contribution in [0, 0.1) is 11.6 Å². The number of benzene rings is 2. The van der Waals surface area contributed by atoms with E-state index < -0.39 is 23.0 Å². The largest absolute Gasteiger partial charge is 0.345 e. The van der Waals surface area contributed by atoms with Crippen molar-refractivity contribution in [2.45, 2.75) is 13.3 Å². The number of carbonyl (C=O) groups excluding carboxylic acids is 1. The molecule has 2 heterocycles. The van der Waals surface area contributed by atoms with Gasteiger partial charge in [0.1, 0.15) is 23.6 Å². The molecule has 0 spiro atoms. The van der Waals surface area contributed by atoms with Crippen molar-refractivity contribution in [3.63, 3.8) is 0 Å². The number of fused-ring (bicyclic) bond motifs is 1. The summed E-state index contributed by atoms with van der Waals surface area (Å²) in [7, 11) is 0. The summed E-state index contributed by atoms with van der Waals surface area (Å²) in [6.45, 7) is 1.99. The summed E-state index contributed by atoms with van der Waals surface area (Å²) >= 11 is 1.29. The number of anilines is 3. The molecular formula is C22H19F2N5OS. The zero-order chi connectivity index (χ0) is 21.8. The van der Waals surface area contributed by atoms with Crippen molar-refractivity contribution < 1.29 is 13.6 Å². The fraction of sp³-hybridized carbons (Fsp3) is 0.136. The summed E-state index contributed by atoms with van der Waals surface area (Å²) in [6, 6.07) is 11.6. The van der Waals surface area contributed by atoms with Crippen LogP contribution in [-0.4, -0.2) is 26.5 Å². The predicted molar refractivity (Wildman–Crippen MR) is 120 cm³/mol. The Kier molecular flexibility index (Phi) is 6.13. The van der Waals surface area contributed by atoms with Crippen LogP contribution in [0.3, 0.4) is 0 Å². The van der Waals surface area contributed by atoms with E-state index in [2.05, 4.69) is 25.0 Å². The van der Waals surface area contributed by atoms with Crippen LogP contribution in [0.5, 0.6) is 0 Å². The van der Waals surface area contributed by atoms with Gasteiger partial charge in [0.05, 0.1) is 22.2 Å². The van der Waals surface area contributed by atoms with Crippen molar-refractivity contribution >= 4 is 46.0 Å². The number of hydrogen-bond acceptors (Lipinski definition) is 6. The zero-order valence-electron chi connectivity index (χ0n) is 16.6. The number of rotatable bonds is 8. The highest BCUT2D eigenvalue weighted by Crippen LogP contribution is 2.31. The van der Waals surface area contributed by atoms with Crippen LogP contribution < -0.4 is 10.0 Å². The third-order valence-corrected chi connectivity index (χ3v) is 5.53. The molecule has 3 N–H and O–H groups in total. The van der Waals surface area contributed by atoms with Crippen LogP contribution in [0.2, 0.25) is 0 Å². The highest BCUT2D eigenvalue weighted by atomic mass is 32.2. The molecule has 4 aromatic rings. The number of hydrogen-bond donors (Lipinski definition) is 3. The average Bonchev–Trinajstić information content (AvgIpc) is 3.21. The Morgan fingerprint density at radius 3 is 2.71 bits per heavy atom. The highest BCUT2D eigenvalue weighted by Gasteiger charge is 2.26. The fourth-order valence-corrected chi connectivity index (χ4v) is 3.72. The molecule has 2 aromatic heterocycles. The van der Waals surface area contributed by atoms with E-state index in [1.807, 2.05) is 37.3 Å². The molecule has 0 saturated carbocycles. The first-order valence-electron chi connectivity index (χ1n) is 9.64. The topological polar surface area (TPSA) is 82.7 Å². The van der Waals surface area contributed by atoms with Crippen LogP contribution in [0.15, 0.2) is 55.0 Å². The smallest absolute Gasteiger partial charge is 0.201 e. The van der Waals surface area contributed by atoms with Gasteiger partial charge in [-0.05, 0) is 30.7 Å². The Morgan fingerprint density at radius 2 is 1.94 bits per heavy atom. The van der Waals surface area contributed by atoms with Gasteiger partial charge in [-0.2, -0.15) is 0 Å². The van der Waals surface area contributed by atoms with Gasteiger partial charge >= 0.3 is 0 Å². The number of para-hydroxylation sites is 1. The first-order valence-corrected chi connectivity index (χ1v) is 10.6. The summed E-state index contributed by atoms with van der Waals surface area (Å²) < 4.78 is 32.5. The molecule has 31 heavy (non-hydrogen) atoms. The summed E-state index contributed by atoms with van der Waals surface area (Å²) in [6.07, 6.45) is 3.62. The van der Waals surface area contributed by atoms with Gasteiger partial charge in [-0.15, -0.1) is 0 Å². The lowest BCUT2D eigenvalue weighted by molar-refractivity contribution is 0.103. The highest BCUT2D eigenvalue weighted by molar-refractivity contribution is 8.00. The quantitative estimate of drug-likeness (QED) is 0.186. The second-order valence-electron chi connectivity index (χ2n) is 6.70. The van der Waals surface area contributed by atoms with Gasteiger partial charge < -0.3 is 15.0 Å². The molecule has 0 amide bonds. The molecule has 9 heteroatoms. The second-order valence-corrected chi connectivity index (χ2v) is 7.60. The van der Waals surface area contributed by atoms with E-state index in [4.69, 9.17) is 0 Å². The molecule has 2 aromatic carbocycles. The number of H-pyrrole nitrogens is 1. The van der Waals surface area contributed by atoms with Gasteiger partial charge in [-0.3, -0.25) is 4.79 Å². The van der Waals surface area contributed by atoms with E-state index in [1.54, 1.807) is 0 Å². The Balaban J connectivity index is 1.76. The molecule has 0 aliphatic heterocycles. The van der Waals surface area contributed by atoms with Gasteiger partial charge in [0, 0.05) is 17.6 Å². The Labute approximate surface area is 181 Å². The average molecular weight is 439 g/mol. The van der Waals surface area contributed by atoms with Gasteiger partial charge in [0.2, 0.25) is 5.78 Å². The molecule has 4 rings (SSSR count).